The van der Waals surface area contributed by atoms with E-state index >= 15 is 0 Å². The van der Waals surface area contributed by atoms with Gasteiger partial charge in [-0.15, -0.1) is 0 Å². The molecule has 0 atom stereocenters. The quantitative estimate of drug-likeness (QED) is 0.364. The number of nitro groups is 1. The largest absolute Gasteiger partial charge is 0.493 e. The minimum atomic E-state index is -0.660. The Morgan fingerprint density at radius 3 is 2.76 bits per heavy atom. The standard InChI is InChI=1S/C14H11NO6/c1-19-13-9-10(6-7-15(17)18)4-5-11(13)21-14(16)12-3-2-8-20-12/h2-9H,1H3/b7-6+. The molecule has 0 aliphatic rings. The molecule has 0 fully saturated rings. The topological polar surface area (TPSA) is 91.8 Å². The van der Waals surface area contributed by atoms with Gasteiger partial charge in [-0.05, 0) is 29.8 Å². The van der Waals surface area contributed by atoms with E-state index in [1.54, 1.807) is 12.1 Å². The summed E-state index contributed by atoms with van der Waals surface area (Å²) >= 11 is 0. The zero-order valence-corrected chi connectivity index (χ0v) is 11.0. The van der Waals surface area contributed by atoms with E-state index in [4.69, 9.17) is 13.9 Å². The Hall–Kier alpha value is -3.09. The van der Waals surface area contributed by atoms with Gasteiger partial charge < -0.3 is 13.9 Å². The molecule has 0 bridgehead atoms. The molecule has 2 rings (SSSR count). The van der Waals surface area contributed by atoms with Gasteiger partial charge in [0.15, 0.2) is 11.5 Å². The second kappa shape index (κ2) is 6.38. The van der Waals surface area contributed by atoms with Crippen molar-refractivity contribution in [3.8, 4) is 11.5 Å². The highest BCUT2D eigenvalue weighted by Gasteiger charge is 2.14. The third-order valence-corrected chi connectivity index (χ3v) is 2.50. The van der Waals surface area contributed by atoms with Gasteiger partial charge in [0, 0.05) is 6.08 Å². The molecule has 0 spiro atoms. The van der Waals surface area contributed by atoms with Gasteiger partial charge in [-0.1, -0.05) is 6.07 Å². The van der Waals surface area contributed by atoms with Crippen LogP contribution in [0.3, 0.4) is 0 Å². The average molecular weight is 289 g/mol. The van der Waals surface area contributed by atoms with Gasteiger partial charge >= 0.3 is 5.97 Å². The summed E-state index contributed by atoms with van der Waals surface area (Å²) in [5.41, 5.74) is 0.543. The van der Waals surface area contributed by atoms with Crippen LogP contribution < -0.4 is 9.47 Å². The molecule has 0 amide bonds. The maximum atomic E-state index is 11.8. The van der Waals surface area contributed by atoms with E-state index in [9.17, 15) is 14.9 Å². The second-order valence-corrected chi connectivity index (χ2v) is 3.88. The Bertz CT molecular complexity index is 675. The van der Waals surface area contributed by atoms with E-state index in [2.05, 4.69) is 0 Å². The van der Waals surface area contributed by atoms with Crippen molar-refractivity contribution in [1.29, 1.82) is 0 Å². The van der Waals surface area contributed by atoms with Gasteiger partial charge in [0.05, 0.1) is 18.3 Å². The van der Waals surface area contributed by atoms with Gasteiger partial charge in [0.2, 0.25) is 12.0 Å². The fourth-order valence-electron chi connectivity index (χ4n) is 1.56. The van der Waals surface area contributed by atoms with E-state index < -0.39 is 10.9 Å². The maximum Gasteiger partial charge on any atom is 0.379 e. The highest BCUT2D eigenvalue weighted by molar-refractivity contribution is 5.88. The average Bonchev–Trinajstić information content (AvgIpc) is 3.00. The van der Waals surface area contributed by atoms with Crippen molar-refractivity contribution in [1.82, 2.24) is 0 Å². The molecule has 0 saturated heterocycles. The number of carbonyl (C=O) groups is 1. The molecule has 0 saturated carbocycles. The van der Waals surface area contributed by atoms with E-state index in [0.29, 0.717) is 5.56 Å². The van der Waals surface area contributed by atoms with Crippen LogP contribution in [0.1, 0.15) is 16.1 Å². The number of hydrogen-bond donors (Lipinski definition) is 0. The molecule has 2 aromatic rings. The molecule has 21 heavy (non-hydrogen) atoms. The number of rotatable bonds is 5. The van der Waals surface area contributed by atoms with Crippen molar-refractivity contribution in [3.63, 3.8) is 0 Å². The first-order chi connectivity index (χ1) is 10.1. The van der Waals surface area contributed by atoms with Gasteiger partial charge in [0.25, 0.3) is 0 Å². The smallest absolute Gasteiger partial charge is 0.379 e. The molecule has 0 N–H and O–H groups in total. The van der Waals surface area contributed by atoms with Crippen molar-refractivity contribution < 1.29 is 23.6 Å². The number of hydrogen-bond acceptors (Lipinski definition) is 6. The Balaban J connectivity index is 2.20. The molecular formula is C14H11NO6. The third kappa shape index (κ3) is 3.69. The number of nitrogens with zero attached hydrogens (tertiary/aromatic N) is 1. The minimum Gasteiger partial charge on any atom is -0.493 e. The maximum absolute atomic E-state index is 11.8. The van der Waals surface area contributed by atoms with Crippen LogP contribution in [0, 0.1) is 10.1 Å². The highest BCUT2D eigenvalue weighted by atomic mass is 16.6. The summed E-state index contributed by atoms with van der Waals surface area (Å²) in [6.45, 7) is 0. The summed E-state index contributed by atoms with van der Waals surface area (Å²) in [7, 11) is 1.40. The molecule has 1 aromatic carbocycles. The number of methoxy groups -OCH3 is 1. The zero-order valence-electron chi connectivity index (χ0n) is 11.0. The number of carbonyl (C=O) groups excluding carboxylic acids is 1. The van der Waals surface area contributed by atoms with Crippen LogP contribution in [-0.2, 0) is 0 Å². The molecular weight excluding hydrogens is 278 g/mol. The molecule has 0 radical (unpaired) electrons. The fraction of sp³-hybridized carbons (Fsp3) is 0.0714. The monoisotopic (exact) mass is 289 g/mol. The normalized spacial score (nSPS) is 10.5. The molecule has 0 unspecified atom stereocenters. The summed E-state index contributed by atoms with van der Waals surface area (Å²) in [4.78, 5) is 21.5. The Kier molecular flexibility index (Phi) is 4.35. The number of furan rings is 1. The molecule has 1 heterocycles. The minimum absolute atomic E-state index is 0.0642. The Labute approximate surface area is 119 Å². The molecule has 1 aromatic heterocycles. The first kappa shape index (κ1) is 14.3. The van der Waals surface area contributed by atoms with Crippen LogP contribution in [-0.4, -0.2) is 18.0 Å². The van der Waals surface area contributed by atoms with E-state index in [1.807, 2.05) is 0 Å². The lowest BCUT2D eigenvalue weighted by molar-refractivity contribution is -0.400. The molecule has 7 heteroatoms. The van der Waals surface area contributed by atoms with Crippen LogP contribution in [0.2, 0.25) is 0 Å². The third-order valence-electron chi connectivity index (χ3n) is 2.50. The Morgan fingerprint density at radius 1 is 1.33 bits per heavy atom. The summed E-state index contributed by atoms with van der Waals surface area (Å²) < 4.78 is 15.2. The highest BCUT2D eigenvalue weighted by Crippen LogP contribution is 2.29. The van der Waals surface area contributed by atoms with Crippen LogP contribution in [0.15, 0.2) is 47.2 Å². The first-order valence-electron chi connectivity index (χ1n) is 5.85. The summed E-state index contributed by atoms with van der Waals surface area (Å²) in [6.07, 6.45) is 3.48. The van der Waals surface area contributed by atoms with E-state index in [0.717, 1.165) is 6.20 Å². The second-order valence-electron chi connectivity index (χ2n) is 3.88. The van der Waals surface area contributed by atoms with E-state index in [-0.39, 0.29) is 17.3 Å². The zero-order chi connectivity index (χ0) is 15.2. The van der Waals surface area contributed by atoms with Crippen LogP contribution >= 0.6 is 0 Å². The van der Waals surface area contributed by atoms with Crippen LogP contribution in [0.4, 0.5) is 0 Å². The first-order valence-corrected chi connectivity index (χ1v) is 5.85. The predicted molar refractivity (Wildman–Crippen MR) is 72.7 cm³/mol. The van der Waals surface area contributed by atoms with Gasteiger partial charge in [-0.3, -0.25) is 10.1 Å². The molecule has 0 aliphatic carbocycles. The predicted octanol–water partition coefficient (Wildman–Crippen LogP) is 2.75. The van der Waals surface area contributed by atoms with Gasteiger partial charge in [0.1, 0.15) is 0 Å². The van der Waals surface area contributed by atoms with Crippen molar-refractivity contribution in [2.45, 2.75) is 0 Å². The summed E-state index contributed by atoms with van der Waals surface area (Å²) in [5, 5.41) is 10.3. The summed E-state index contributed by atoms with van der Waals surface area (Å²) in [6, 6.07) is 7.61. The van der Waals surface area contributed by atoms with Gasteiger partial charge in [-0.2, -0.15) is 0 Å². The Morgan fingerprint density at radius 2 is 2.14 bits per heavy atom. The molecule has 7 nitrogen and oxygen atoms in total. The fourth-order valence-corrected chi connectivity index (χ4v) is 1.56. The SMILES string of the molecule is COc1cc(/C=C/[N+](=O)[O-])ccc1OC(=O)c1ccco1. The number of esters is 1. The van der Waals surface area contributed by atoms with Crippen molar-refractivity contribution in [3.05, 3.63) is 64.2 Å². The lowest BCUT2D eigenvalue weighted by atomic mass is 10.2. The van der Waals surface area contributed by atoms with Crippen molar-refractivity contribution in [2.75, 3.05) is 7.11 Å². The lowest BCUT2D eigenvalue weighted by Gasteiger charge is -2.08. The summed E-state index contributed by atoms with van der Waals surface area (Å²) in [5.74, 6) is -0.126. The van der Waals surface area contributed by atoms with Crippen molar-refractivity contribution >= 4 is 12.0 Å². The molecule has 108 valence electrons. The van der Waals surface area contributed by atoms with Crippen molar-refractivity contribution in [2.24, 2.45) is 0 Å². The van der Waals surface area contributed by atoms with E-state index in [1.165, 1.54) is 37.6 Å². The number of benzene rings is 1. The number of ether oxygens (including phenoxy) is 2. The van der Waals surface area contributed by atoms with Crippen LogP contribution in [0.5, 0.6) is 11.5 Å². The lowest BCUT2D eigenvalue weighted by Crippen LogP contribution is -2.08. The molecule has 0 aliphatic heterocycles. The van der Waals surface area contributed by atoms with Gasteiger partial charge in [-0.25, -0.2) is 4.79 Å². The van der Waals surface area contributed by atoms with Crippen LogP contribution in [0.25, 0.3) is 6.08 Å².